The highest BCUT2D eigenvalue weighted by molar-refractivity contribution is 5.96. The van der Waals surface area contributed by atoms with Crippen molar-refractivity contribution in [2.75, 3.05) is 11.9 Å². The van der Waals surface area contributed by atoms with Crippen LogP contribution >= 0.6 is 0 Å². The van der Waals surface area contributed by atoms with E-state index in [9.17, 15) is 14.7 Å². The summed E-state index contributed by atoms with van der Waals surface area (Å²) in [6.07, 6.45) is 0. The molecule has 0 aliphatic carbocycles. The number of aromatic carboxylic acids is 1. The number of primary amides is 1. The molecule has 2 aromatic carbocycles. The van der Waals surface area contributed by atoms with Crippen LogP contribution in [0.5, 0.6) is 0 Å². The third-order valence-electron chi connectivity index (χ3n) is 4.21. The minimum atomic E-state index is -0.972. The molecule has 27 heavy (non-hydrogen) atoms. The number of nitrogens with two attached hydrogens (primary N) is 1. The summed E-state index contributed by atoms with van der Waals surface area (Å²) < 4.78 is 0. The van der Waals surface area contributed by atoms with Crippen LogP contribution in [-0.2, 0) is 0 Å². The highest BCUT2D eigenvalue weighted by atomic mass is 16.4. The van der Waals surface area contributed by atoms with Gasteiger partial charge >= 0.3 is 5.97 Å². The van der Waals surface area contributed by atoms with E-state index in [0.717, 1.165) is 28.9 Å². The van der Waals surface area contributed by atoms with Crippen LogP contribution in [0.2, 0.25) is 0 Å². The molecule has 0 atom stereocenters. The monoisotopic (exact) mass is 363 g/mol. The molecule has 1 amide bonds. The van der Waals surface area contributed by atoms with Gasteiger partial charge in [0, 0.05) is 23.1 Å². The van der Waals surface area contributed by atoms with Crippen molar-refractivity contribution in [3.63, 3.8) is 0 Å². The Morgan fingerprint density at radius 1 is 1.07 bits per heavy atom. The van der Waals surface area contributed by atoms with Gasteiger partial charge in [-0.2, -0.15) is 0 Å². The van der Waals surface area contributed by atoms with Gasteiger partial charge in [0.25, 0.3) is 0 Å². The highest BCUT2D eigenvalue weighted by Gasteiger charge is 2.12. The Balaban J connectivity index is 2.13. The summed E-state index contributed by atoms with van der Waals surface area (Å²) in [5, 5.41) is 13.4. The smallest absolute Gasteiger partial charge is 0.335 e. The standard InChI is InChI=1S/C21H21N3O3/c1-12(2)11-23-18-10-16-9-15(21(26)27)7-8-17(16)24-19(18)13-3-5-14(6-4-13)20(22)25/h3-10,12,23H,11H2,1-2H3,(H2,22,25)(H,26,27). The minimum absolute atomic E-state index is 0.220. The van der Waals surface area contributed by atoms with Gasteiger partial charge in [0.15, 0.2) is 0 Å². The van der Waals surface area contributed by atoms with E-state index in [4.69, 9.17) is 10.7 Å². The van der Waals surface area contributed by atoms with Crippen molar-refractivity contribution in [1.29, 1.82) is 0 Å². The van der Waals surface area contributed by atoms with Crippen molar-refractivity contribution in [3.8, 4) is 11.3 Å². The van der Waals surface area contributed by atoms with E-state index >= 15 is 0 Å². The van der Waals surface area contributed by atoms with E-state index in [0.29, 0.717) is 17.0 Å². The highest BCUT2D eigenvalue weighted by Crippen LogP contribution is 2.30. The number of carboxylic acids is 1. The van der Waals surface area contributed by atoms with Crippen LogP contribution in [0.4, 0.5) is 5.69 Å². The lowest BCUT2D eigenvalue weighted by molar-refractivity contribution is 0.0696. The molecule has 0 bridgehead atoms. The van der Waals surface area contributed by atoms with Crippen LogP contribution in [0.15, 0.2) is 48.5 Å². The van der Waals surface area contributed by atoms with Crippen molar-refractivity contribution < 1.29 is 14.7 Å². The van der Waals surface area contributed by atoms with Gasteiger partial charge in [0.2, 0.25) is 5.91 Å². The largest absolute Gasteiger partial charge is 0.478 e. The number of benzene rings is 2. The zero-order valence-electron chi connectivity index (χ0n) is 15.2. The SMILES string of the molecule is CC(C)CNc1cc2cc(C(=O)O)ccc2nc1-c1ccc(C(N)=O)cc1. The molecular weight excluding hydrogens is 342 g/mol. The van der Waals surface area contributed by atoms with Gasteiger partial charge in [0.1, 0.15) is 0 Å². The third-order valence-corrected chi connectivity index (χ3v) is 4.21. The minimum Gasteiger partial charge on any atom is -0.478 e. The molecule has 3 aromatic rings. The summed E-state index contributed by atoms with van der Waals surface area (Å²) in [5.74, 6) is -1.02. The van der Waals surface area contributed by atoms with Crippen molar-refractivity contribution in [2.45, 2.75) is 13.8 Å². The summed E-state index contributed by atoms with van der Waals surface area (Å²) in [5.41, 5.74) is 9.05. The lowest BCUT2D eigenvalue weighted by Gasteiger charge is -2.15. The third kappa shape index (κ3) is 4.06. The summed E-state index contributed by atoms with van der Waals surface area (Å²) >= 11 is 0. The van der Waals surface area contributed by atoms with Crippen molar-refractivity contribution in [1.82, 2.24) is 4.98 Å². The van der Waals surface area contributed by atoms with Gasteiger partial charge in [-0.3, -0.25) is 4.79 Å². The molecule has 0 saturated carbocycles. The van der Waals surface area contributed by atoms with Gasteiger partial charge < -0.3 is 16.2 Å². The Hall–Kier alpha value is -3.41. The number of amides is 1. The second-order valence-corrected chi connectivity index (χ2v) is 6.81. The summed E-state index contributed by atoms with van der Waals surface area (Å²) in [6.45, 7) is 4.95. The number of hydrogen-bond donors (Lipinski definition) is 3. The van der Waals surface area contributed by atoms with Crippen molar-refractivity contribution in [3.05, 3.63) is 59.7 Å². The molecule has 1 heterocycles. The van der Waals surface area contributed by atoms with Crippen molar-refractivity contribution in [2.24, 2.45) is 11.7 Å². The molecule has 6 heteroatoms. The van der Waals surface area contributed by atoms with Crippen LogP contribution in [0, 0.1) is 5.92 Å². The van der Waals surface area contributed by atoms with E-state index in [-0.39, 0.29) is 5.56 Å². The molecule has 3 rings (SSSR count). The molecule has 0 saturated heterocycles. The van der Waals surface area contributed by atoms with Crippen LogP contribution in [0.1, 0.15) is 34.6 Å². The summed E-state index contributed by atoms with van der Waals surface area (Å²) in [6, 6.07) is 13.7. The quantitative estimate of drug-likeness (QED) is 0.618. The van der Waals surface area contributed by atoms with Crippen LogP contribution < -0.4 is 11.1 Å². The van der Waals surface area contributed by atoms with Gasteiger partial charge in [-0.25, -0.2) is 9.78 Å². The number of rotatable bonds is 6. The van der Waals surface area contributed by atoms with Gasteiger partial charge in [-0.1, -0.05) is 26.0 Å². The number of nitrogens with one attached hydrogen (secondary N) is 1. The molecule has 1 aromatic heterocycles. The number of carbonyl (C=O) groups is 2. The normalized spacial score (nSPS) is 10.9. The van der Waals surface area contributed by atoms with E-state index in [1.54, 1.807) is 42.5 Å². The van der Waals surface area contributed by atoms with Crippen molar-refractivity contribution >= 4 is 28.5 Å². The molecule has 0 unspecified atom stereocenters. The number of carboxylic acid groups (broad SMARTS) is 1. The molecule has 0 aliphatic rings. The van der Waals surface area contributed by atoms with Gasteiger partial charge in [-0.15, -0.1) is 0 Å². The number of carbonyl (C=O) groups excluding carboxylic acids is 1. The van der Waals surface area contributed by atoms with E-state index in [1.807, 2.05) is 6.07 Å². The number of nitrogens with zero attached hydrogens (tertiary/aromatic N) is 1. The zero-order valence-corrected chi connectivity index (χ0v) is 15.2. The molecule has 0 spiro atoms. The Morgan fingerprint density at radius 2 is 1.74 bits per heavy atom. The maximum absolute atomic E-state index is 11.3. The van der Waals surface area contributed by atoms with Crippen LogP contribution in [0.25, 0.3) is 22.2 Å². The topological polar surface area (TPSA) is 105 Å². The molecule has 0 fully saturated rings. The molecule has 4 N–H and O–H groups in total. The fourth-order valence-corrected chi connectivity index (χ4v) is 2.77. The molecular formula is C21H21N3O3. The van der Waals surface area contributed by atoms with Gasteiger partial charge in [0.05, 0.1) is 22.5 Å². The number of fused-ring (bicyclic) bond motifs is 1. The second kappa shape index (κ2) is 7.45. The molecule has 0 radical (unpaired) electrons. The number of hydrogen-bond acceptors (Lipinski definition) is 4. The van der Waals surface area contributed by atoms with Gasteiger partial charge in [-0.05, 0) is 42.3 Å². The number of pyridine rings is 1. The predicted octanol–water partition coefficient (Wildman–Crippen LogP) is 3.77. The summed E-state index contributed by atoms with van der Waals surface area (Å²) in [7, 11) is 0. The Morgan fingerprint density at radius 3 is 2.33 bits per heavy atom. The second-order valence-electron chi connectivity index (χ2n) is 6.81. The molecule has 6 nitrogen and oxygen atoms in total. The number of anilines is 1. The number of aromatic nitrogens is 1. The maximum atomic E-state index is 11.3. The average Bonchev–Trinajstić information content (AvgIpc) is 2.65. The summed E-state index contributed by atoms with van der Waals surface area (Å²) in [4.78, 5) is 27.3. The Labute approximate surface area is 157 Å². The molecule has 0 aliphatic heterocycles. The zero-order chi connectivity index (χ0) is 19.6. The first-order valence-corrected chi connectivity index (χ1v) is 8.67. The van der Waals surface area contributed by atoms with Crippen LogP contribution in [0.3, 0.4) is 0 Å². The van der Waals surface area contributed by atoms with Crippen LogP contribution in [-0.4, -0.2) is 28.5 Å². The lowest BCUT2D eigenvalue weighted by Crippen LogP contribution is -2.11. The average molecular weight is 363 g/mol. The molecule has 138 valence electrons. The Kier molecular flexibility index (Phi) is 5.07. The Bertz CT molecular complexity index is 1010. The predicted molar refractivity (Wildman–Crippen MR) is 106 cm³/mol. The first-order valence-electron chi connectivity index (χ1n) is 8.67. The first-order chi connectivity index (χ1) is 12.8. The fraction of sp³-hybridized carbons (Fsp3) is 0.190. The first kappa shape index (κ1) is 18.4. The van der Waals surface area contributed by atoms with E-state index in [2.05, 4.69) is 19.2 Å². The lowest BCUT2D eigenvalue weighted by atomic mass is 10.0. The van der Waals surface area contributed by atoms with E-state index in [1.165, 1.54) is 0 Å². The fourth-order valence-electron chi connectivity index (χ4n) is 2.77. The van der Waals surface area contributed by atoms with E-state index < -0.39 is 11.9 Å². The maximum Gasteiger partial charge on any atom is 0.335 e.